The van der Waals surface area contributed by atoms with Gasteiger partial charge in [0.2, 0.25) is 5.91 Å². The molecule has 0 saturated carbocycles. The van der Waals surface area contributed by atoms with Crippen LogP contribution in [0.15, 0.2) is 18.2 Å². The summed E-state index contributed by atoms with van der Waals surface area (Å²) in [6, 6.07) is 4.60. The van der Waals surface area contributed by atoms with E-state index in [4.69, 9.17) is 5.73 Å². The Morgan fingerprint density at radius 3 is 2.81 bits per heavy atom. The number of fused-ring (bicyclic) bond motifs is 1. The van der Waals surface area contributed by atoms with E-state index in [0.29, 0.717) is 6.42 Å². The van der Waals surface area contributed by atoms with E-state index in [1.54, 1.807) is 12.1 Å². The Kier molecular flexibility index (Phi) is 9.15. The van der Waals surface area contributed by atoms with Crippen molar-refractivity contribution in [1.82, 2.24) is 14.8 Å². The lowest BCUT2D eigenvalue weighted by atomic mass is 10.1. The van der Waals surface area contributed by atoms with E-state index in [9.17, 15) is 9.18 Å². The largest absolute Gasteiger partial charge is 0.328 e. The first-order valence-electron chi connectivity index (χ1n) is 8.82. The molecule has 0 fully saturated rings. The Morgan fingerprint density at radius 2 is 2.07 bits per heavy atom. The molecule has 6 nitrogen and oxygen atoms in total. The number of benzene rings is 1. The van der Waals surface area contributed by atoms with Gasteiger partial charge in [-0.15, -0.1) is 35.0 Å². The minimum absolute atomic E-state index is 0. The van der Waals surface area contributed by atoms with Crippen LogP contribution >= 0.6 is 24.8 Å². The molecule has 1 atom stereocenters. The van der Waals surface area contributed by atoms with Gasteiger partial charge in [-0.3, -0.25) is 4.79 Å². The third-order valence-electron chi connectivity index (χ3n) is 4.43. The molecule has 9 heteroatoms. The van der Waals surface area contributed by atoms with Gasteiger partial charge in [0.05, 0.1) is 5.69 Å². The number of aromatic nitrogens is 3. The number of nitrogens with one attached hydrogen (secondary N) is 1. The van der Waals surface area contributed by atoms with Crippen LogP contribution in [0.1, 0.15) is 44.9 Å². The number of hydrogen-bond donors (Lipinski definition) is 2. The molecule has 0 bridgehead atoms. The fourth-order valence-corrected chi connectivity index (χ4v) is 3.03. The lowest BCUT2D eigenvalue weighted by Gasteiger charge is -2.11. The summed E-state index contributed by atoms with van der Waals surface area (Å²) in [7, 11) is 0. The monoisotopic (exact) mass is 417 g/mol. The fourth-order valence-electron chi connectivity index (χ4n) is 3.03. The van der Waals surface area contributed by atoms with Crippen LogP contribution in [-0.4, -0.2) is 26.7 Å². The summed E-state index contributed by atoms with van der Waals surface area (Å²) in [5.41, 5.74) is 6.58. The SMILES string of the molecule is CC(N)CCC(=O)Nc1cc(-c2nnc3n2CCCCC3)ccc1F.Cl.Cl. The van der Waals surface area contributed by atoms with Gasteiger partial charge < -0.3 is 15.6 Å². The van der Waals surface area contributed by atoms with Crippen molar-refractivity contribution in [3.8, 4) is 11.4 Å². The van der Waals surface area contributed by atoms with Gasteiger partial charge in [-0.1, -0.05) is 6.42 Å². The van der Waals surface area contributed by atoms with Gasteiger partial charge in [0, 0.05) is 31.0 Å². The van der Waals surface area contributed by atoms with Crippen molar-refractivity contribution < 1.29 is 9.18 Å². The van der Waals surface area contributed by atoms with E-state index >= 15 is 0 Å². The van der Waals surface area contributed by atoms with Crippen molar-refractivity contribution in [2.45, 2.75) is 58.0 Å². The van der Waals surface area contributed by atoms with Crippen molar-refractivity contribution in [3.63, 3.8) is 0 Å². The first-order valence-corrected chi connectivity index (χ1v) is 8.82. The van der Waals surface area contributed by atoms with Crippen LogP contribution in [0.3, 0.4) is 0 Å². The normalized spacial score (nSPS) is 14.2. The number of carbonyl (C=O) groups excluding carboxylic acids is 1. The molecule has 2 aromatic rings. The van der Waals surface area contributed by atoms with Crippen molar-refractivity contribution in [3.05, 3.63) is 29.8 Å². The first-order chi connectivity index (χ1) is 12.0. The van der Waals surface area contributed by atoms with E-state index < -0.39 is 5.82 Å². The number of anilines is 1. The van der Waals surface area contributed by atoms with Gasteiger partial charge in [0.15, 0.2) is 5.82 Å². The number of hydrogen-bond acceptors (Lipinski definition) is 4. The molecule has 1 aliphatic heterocycles. The van der Waals surface area contributed by atoms with Gasteiger partial charge in [0.1, 0.15) is 11.6 Å². The molecule has 0 saturated heterocycles. The zero-order valence-corrected chi connectivity index (χ0v) is 16.9. The predicted octanol–water partition coefficient (Wildman–Crippen LogP) is 3.72. The average molecular weight is 418 g/mol. The van der Waals surface area contributed by atoms with Crippen LogP contribution in [0, 0.1) is 5.82 Å². The van der Waals surface area contributed by atoms with Crippen LogP contribution in [0.5, 0.6) is 0 Å². The maximum absolute atomic E-state index is 14.1. The third kappa shape index (κ3) is 5.89. The zero-order chi connectivity index (χ0) is 17.8. The molecular formula is C18H26Cl2FN5O. The Bertz CT molecular complexity index is 766. The molecule has 1 aromatic heterocycles. The second-order valence-electron chi connectivity index (χ2n) is 6.66. The van der Waals surface area contributed by atoms with Crippen molar-refractivity contribution >= 4 is 36.4 Å². The topological polar surface area (TPSA) is 85.8 Å². The highest BCUT2D eigenvalue weighted by molar-refractivity contribution is 5.91. The standard InChI is InChI=1S/C18H24FN5O.2ClH/c1-12(20)6-9-17(25)21-15-11-13(7-8-14(15)19)18-23-22-16-5-3-2-4-10-24(16)18;;/h7-8,11-12H,2-6,9-10,20H2,1H3,(H,21,25);2*1H. The zero-order valence-electron chi connectivity index (χ0n) is 15.3. The van der Waals surface area contributed by atoms with E-state index in [1.165, 1.54) is 12.5 Å². The highest BCUT2D eigenvalue weighted by Crippen LogP contribution is 2.26. The molecule has 150 valence electrons. The molecule has 1 unspecified atom stereocenters. The van der Waals surface area contributed by atoms with Crippen LogP contribution < -0.4 is 11.1 Å². The van der Waals surface area contributed by atoms with Gasteiger partial charge in [-0.2, -0.15) is 0 Å². The minimum Gasteiger partial charge on any atom is -0.328 e. The van der Waals surface area contributed by atoms with Crippen LogP contribution in [0.4, 0.5) is 10.1 Å². The molecule has 0 radical (unpaired) electrons. The van der Waals surface area contributed by atoms with Crippen LogP contribution in [0.2, 0.25) is 0 Å². The maximum Gasteiger partial charge on any atom is 0.224 e. The van der Waals surface area contributed by atoms with E-state index in [1.807, 2.05) is 6.92 Å². The van der Waals surface area contributed by atoms with Gasteiger partial charge in [0.25, 0.3) is 0 Å². The van der Waals surface area contributed by atoms with E-state index in [0.717, 1.165) is 43.0 Å². The number of amides is 1. The molecule has 3 N–H and O–H groups in total. The Hall–Kier alpha value is -1.70. The molecule has 27 heavy (non-hydrogen) atoms. The fraction of sp³-hybridized carbons (Fsp3) is 0.500. The molecular weight excluding hydrogens is 392 g/mol. The summed E-state index contributed by atoms with van der Waals surface area (Å²) in [6.07, 6.45) is 5.11. The van der Waals surface area contributed by atoms with Crippen LogP contribution in [0.25, 0.3) is 11.4 Å². The summed E-state index contributed by atoms with van der Waals surface area (Å²) in [5, 5.41) is 11.2. The second-order valence-corrected chi connectivity index (χ2v) is 6.66. The second kappa shape index (κ2) is 10.6. The smallest absolute Gasteiger partial charge is 0.224 e. The van der Waals surface area contributed by atoms with Crippen molar-refractivity contribution in [1.29, 1.82) is 0 Å². The third-order valence-corrected chi connectivity index (χ3v) is 4.43. The van der Waals surface area contributed by atoms with E-state index in [2.05, 4.69) is 20.1 Å². The Labute approximate surface area is 170 Å². The highest BCUT2D eigenvalue weighted by atomic mass is 35.5. The van der Waals surface area contributed by atoms with Gasteiger partial charge >= 0.3 is 0 Å². The molecule has 1 aromatic carbocycles. The minimum atomic E-state index is -0.464. The van der Waals surface area contributed by atoms with E-state index in [-0.39, 0.29) is 48.9 Å². The van der Waals surface area contributed by atoms with Crippen LogP contribution in [-0.2, 0) is 17.8 Å². The summed E-state index contributed by atoms with van der Waals surface area (Å²) in [6.45, 7) is 2.70. The Morgan fingerprint density at radius 1 is 1.30 bits per heavy atom. The van der Waals surface area contributed by atoms with Gasteiger partial charge in [-0.25, -0.2) is 4.39 Å². The maximum atomic E-state index is 14.1. The molecule has 3 rings (SSSR count). The van der Waals surface area contributed by atoms with Gasteiger partial charge in [-0.05, 0) is 44.4 Å². The number of rotatable bonds is 5. The lowest BCUT2D eigenvalue weighted by molar-refractivity contribution is -0.116. The molecule has 0 spiro atoms. The lowest BCUT2D eigenvalue weighted by Crippen LogP contribution is -2.19. The van der Waals surface area contributed by atoms with Crippen molar-refractivity contribution in [2.24, 2.45) is 5.73 Å². The highest BCUT2D eigenvalue weighted by Gasteiger charge is 2.17. The molecule has 1 aliphatic rings. The molecule has 1 amide bonds. The first kappa shape index (κ1) is 23.3. The predicted molar refractivity (Wildman–Crippen MR) is 109 cm³/mol. The number of nitrogens with zero attached hydrogens (tertiary/aromatic N) is 3. The summed E-state index contributed by atoms with van der Waals surface area (Å²) in [5.74, 6) is 0.990. The summed E-state index contributed by atoms with van der Waals surface area (Å²) < 4.78 is 16.2. The van der Waals surface area contributed by atoms with Crippen molar-refractivity contribution in [2.75, 3.05) is 5.32 Å². The number of carbonyl (C=O) groups is 1. The molecule has 0 aliphatic carbocycles. The average Bonchev–Trinajstić information content (AvgIpc) is 2.83. The number of halogens is 3. The molecule has 2 heterocycles. The summed E-state index contributed by atoms with van der Waals surface area (Å²) >= 11 is 0. The quantitative estimate of drug-likeness (QED) is 0.775. The number of aryl methyl sites for hydroxylation is 1. The number of nitrogens with two attached hydrogens (primary N) is 1. The Balaban J connectivity index is 0.00000182. The summed E-state index contributed by atoms with van der Waals surface area (Å²) in [4.78, 5) is 12.0.